The molecule has 0 atom stereocenters. The summed E-state index contributed by atoms with van der Waals surface area (Å²) >= 11 is 0. The first-order valence-corrected chi connectivity index (χ1v) is 7.97. The number of halogens is 1. The first-order chi connectivity index (χ1) is 11.2. The molecule has 0 fully saturated rings. The Kier molecular flexibility index (Phi) is 6.59. The van der Waals surface area contributed by atoms with E-state index < -0.39 is 0 Å². The molecule has 0 aliphatic rings. The lowest BCUT2D eigenvalue weighted by Crippen LogP contribution is -2.15. The smallest absolute Gasteiger partial charge is 0.221 e. The average Bonchev–Trinajstić information content (AvgIpc) is 2.58. The van der Waals surface area contributed by atoms with Gasteiger partial charge >= 0.3 is 0 Å². The minimum Gasteiger partial charge on any atom is -0.477 e. The molecule has 0 saturated heterocycles. The highest BCUT2D eigenvalue weighted by atomic mass is 35.5. The third kappa shape index (κ3) is 4.47. The summed E-state index contributed by atoms with van der Waals surface area (Å²) in [5.74, 6) is 0.716. The number of benzene rings is 2. The van der Waals surface area contributed by atoms with E-state index in [1.165, 1.54) is 0 Å². The fourth-order valence-electron chi connectivity index (χ4n) is 2.58. The summed E-state index contributed by atoms with van der Waals surface area (Å²) in [5, 5.41) is 1.13. The van der Waals surface area contributed by atoms with E-state index in [9.17, 15) is 0 Å². The highest BCUT2D eigenvalue weighted by molar-refractivity contribution is 5.86. The van der Waals surface area contributed by atoms with E-state index in [0.29, 0.717) is 12.5 Å². The van der Waals surface area contributed by atoms with Gasteiger partial charge < -0.3 is 9.64 Å². The fourth-order valence-corrected chi connectivity index (χ4v) is 2.58. The lowest BCUT2D eigenvalue weighted by atomic mass is 10.0. The van der Waals surface area contributed by atoms with Crippen LogP contribution in [-0.4, -0.2) is 37.1 Å². The van der Waals surface area contributed by atoms with Crippen molar-refractivity contribution < 1.29 is 4.74 Å². The monoisotopic (exact) mass is 342 g/mol. The Balaban J connectivity index is 0.00000208. The average molecular weight is 343 g/mol. The van der Waals surface area contributed by atoms with E-state index in [1.54, 1.807) is 0 Å². The zero-order chi connectivity index (χ0) is 16.1. The molecule has 1 heterocycles. The number of aromatic nitrogens is 1. The van der Waals surface area contributed by atoms with Gasteiger partial charge in [0.05, 0.1) is 12.1 Å². The van der Waals surface area contributed by atoms with E-state index in [0.717, 1.165) is 35.0 Å². The number of hydrogen-bond acceptors (Lipinski definition) is 3. The summed E-state index contributed by atoms with van der Waals surface area (Å²) in [6.07, 6.45) is 0.982. The second-order valence-electron chi connectivity index (χ2n) is 5.91. The standard InChI is InChI=1S/C20H22N2O.ClH/c1-22(2)13-8-14-23-20-18(16-9-4-3-5-10-16)15-17-11-6-7-12-19(17)21-20;/h3-7,9-12,15H,8,13-14H2,1-2H3;1H. The fraction of sp³-hybridized carbons (Fsp3) is 0.250. The van der Waals surface area contributed by atoms with Crippen LogP contribution in [0.3, 0.4) is 0 Å². The topological polar surface area (TPSA) is 25.4 Å². The quantitative estimate of drug-likeness (QED) is 0.609. The number of ether oxygens (including phenoxy) is 1. The van der Waals surface area contributed by atoms with Crippen LogP contribution in [0.1, 0.15) is 6.42 Å². The van der Waals surface area contributed by atoms with Crippen LogP contribution >= 0.6 is 12.4 Å². The van der Waals surface area contributed by atoms with Gasteiger partial charge in [0.15, 0.2) is 0 Å². The normalized spacial score (nSPS) is 10.6. The maximum absolute atomic E-state index is 6.01. The first-order valence-electron chi connectivity index (χ1n) is 7.97. The largest absolute Gasteiger partial charge is 0.477 e. The minimum atomic E-state index is 0. The van der Waals surface area contributed by atoms with Crippen molar-refractivity contribution >= 4 is 23.3 Å². The number of para-hydroxylation sites is 1. The lowest BCUT2D eigenvalue weighted by molar-refractivity contribution is 0.275. The Hall–Kier alpha value is -2.10. The number of fused-ring (bicyclic) bond motifs is 1. The third-order valence-corrected chi connectivity index (χ3v) is 3.76. The second kappa shape index (κ2) is 8.67. The van der Waals surface area contributed by atoms with E-state index in [1.807, 2.05) is 36.4 Å². The second-order valence-corrected chi connectivity index (χ2v) is 5.91. The van der Waals surface area contributed by atoms with E-state index in [4.69, 9.17) is 9.72 Å². The molecule has 1 aromatic heterocycles. The lowest BCUT2D eigenvalue weighted by Gasteiger charge is -2.13. The Morgan fingerprint density at radius 1 is 0.958 bits per heavy atom. The van der Waals surface area contributed by atoms with Crippen molar-refractivity contribution in [2.75, 3.05) is 27.2 Å². The van der Waals surface area contributed by atoms with Crippen LogP contribution in [0.5, 0.6) is 5.88 Å². The SMILES string of the molecule is CN(C)CCCOc1nc2ccccc2cc1-c1ccccc1.Cl. The highest BCUT2D eigenvalue weighted by Crippen LogP contribution is 2.31. The molecular weight excluding hydrogens is 320 g/mol. The zero-order valence-corrected chi connectivity index (χ0v) is 14.9. The molecule has 0 saturated carbocycles. The summed E-state index contributed by atoms with van der Waals surface area (Å²) in [5.41, 5.74) is 3.15. The van der Waals surface area contributed by atoms with Crippen molar-refractivity contribution in [3.05, 3.63) is 60.7 Å². The van der Waals surface area contributed by atoms with Crippen LogP contribution in [0.15, 0.2) is 60.7 Å². The van der Waals surface area contributed by atoms with Gasteiger partial charge in [-0.15, -0.1) is 12.4 Å². The molecule has 0 unspecified atom stereocenters. The van der Waals surface area contributed by atoms with E-state index in [2.05, 4.69) is 43.3 Å². The third-order valence-electron chi connectivity index (χ3n) is 3.76. The van der Waals surface area contributed by atoms with Crippen molar-refractivity contribution in [2.45, 2.75) is 6.42 Å². The van der Waals surface area contributed by atoms with Crippen LogP contribution in [0.4, 0.5) is 0 Å². The van der Waals surface area contributed by atoms with Crippen molar-refractivity contribution in [3.63, 3.8) is 0 Å². The summed E-state index contributed by atoms with van der Waals surface area (Å²) in [4.78, 5) is 6.89. The molecular formula is C20H23ClN2O. The van der Waals surface area contributed by atoms with Crippen molar-refractivity contribution in [1.29, 1.82) is 0 Å². The van der Waals surface area contributed by atoms with Gasteiger partial charge in [0.25, 0.3) is 0 Å². The Bertz CT molecular complexity index is 775. The molecule has 2 aromatic carbocycles. The number of rotatable bonds is 6. The zero-order valence-electron chi connectivity index (χ0n) is 14.1. The highest BCUT2D eigenvalue weighted by Gasteiger charge is 2.10. The van der Waals surface area contributed by atoms with Crippen LogP contribution in [-0.2, 0) is 0 Å². The van der Waals surface area contributed by atoms with Crippen LogP contribution < -0.4 is 4.74 Å². The maximum Gasteiger partial charge on any atom is 0.221 e. The molecule has 4 heteroatoms. The summed E-state index contributed by atoms with van der Waals surface area (Å²) in [6.45, 7) is 1.68. The van der Waals surface area contributed by atoms with Gasteiger partial charge in [-0.2, -0.15) is 0 Å². The predicted octanol–water partition coefficient (Wildman–Crippen LogP) is 4.65. The summed E-state index contributed by atoms with van der Waals surface area (Å²) < 4.78 is 6.01. The first kappa shape index (κ1) is 18.2. The molecule has 0 aliphatic heterocycles. The van der Waals surface area contributed by atoms with Crippen LogP contribution in [0, 0.1) is 0 Å². The van der Waals surface area contributed by atoms with Gasteiger partial charge in [0, 0.05) is 17.5 Å². The molecule has 0 spiro atoms. The number of nitrogens with zero attached hydrogens (tertiary/aromatic N) is 2. The van der Waals surface area contributed by atoms with Gasteiger partial charge in [0.1, 0.15) is 0 Å². The Labute approximate surface area is 149 Å². The van der Waals surface area contributed by atoms with Gasteiger partial charge in [0.2, 0.25) is 5.88 Å². The molecule has 126 valence electrons. The van der Waals surface area contributed by atoms with Gasteiger partial charge in [-0.3, -0.25) is 0 Å². The van der Waals surface area contributed by atoms with Crippen LogP contribution in [0.2, 0.25) is 0 Å². The number of hydrogen-bond donors (Lipinski definition) is 0. The molecule has 0 aliphatic carbocycles. The van der Waals surface area contributed by atoms with E-state index in [-0.39, 0.29) is 12.4 Å². The van der Waals surface area contributed by atoms with Crippen molar-refractivity contribution in [3.8, 4) is 17.0 Å². The van der Waals surface area contributed by atoms with Gasteiger partial charge in [-0.25, -0.2) is 4.98 Å². The molecule has 0 radical (unpaired) electrons. The predicted molar refractivity (Wildman–Crippen MR) is 103 cm³/mol. The Morgan fingerprint density at radius 3 is 2.42 bits per heavy atom. The van der Waals surface area contributed by atoms with Crippen molar-refractivity contribution in [2.24, 2.45) is 0 Å². The van der Waals surface area contributed by atoms with Crippen molar-refractivity contribution in [1.82, 2.24) is 9.88 Å². The molecule has 3 nitrogen and oxygen atoms in total. The van der Waals surface area contributed by atoms with E-state index >= 15 is 0 Å². The van der Waals surface area contributed by atoms with Crippen LogP contribution in [0.25, 0.3) is 22.0 Å². The summed E-state index contributed by atoms with van der Waals surface area (Å²) in [7, 11) is 4.15. The van der Waals surface area contributed by atoms with Gasteiger partial charge in [-0.05, 0) is 38.2 Å². The summed E-state index contributed by atoms with van der Waals surface area (Å²) in [6, 6.07) is 20.6. The molecule has 0 bridgehead atoms. The molecule has 3 aromatic rings. The van der Waals surface area contributed by atoms with Gasteiger partial charge in [-0.1, -0.05) is 48.5 Å². The molecule has 0 amide bonds. The minimum absolute atomic E-state index is 0. The molecule has 0 N–H and O–H groups in total. The number of pyridine rings is 1. The molecule has 3 rings (SSSR count). The molecule has 24 heavy (non-hydrogen) atoms. The maximum atomic E-state index is 6.01. The Morgan fingerprint density at radius 2 is 1.67 bits per heavy atom.